The summed E-state index contributed by atoms with van der Waals surface area (Å²) in [5.41, 5.74) is 1.49. The predicted molar refractivity (Wildman–Crippen MR) is 106 cm³/mol. The fourth-order valence-electron chi connectivity index (χ4n) is 2.60. The van der Waals surface area contributed by atoms with E-state index in [-0.39, 0.29) is 11.6 Å². The molecule has 3 heterocycles. The third-order valence-electron chi connectivity index (χ3n) is 4.02. The van der Waals surface area contributed by atoms with Crippen LogP contribution in [0.25, 0.3) is 11.0 Å². The minimum Gasteiger partial charge on any atom is -0.494 e. The van der Waals surface area contributed by atoms with Gasteiger partial charge in [-0.15, -0.1) is 11.3 Å². The first-order valence-corrected chi connectivity index (χ1v) is 9.78. The number of unbranched alkanes of at least 4 members (excludes halogenated alkanes) is 1. The lowest BCUT2D eigenvalue weighted by molar-refractivity contribution is -0.129. The SMILES string of the molecule is CCCCOc1ccc(C2=N/C(=C/c3c(Cl)nc4sccn34)C(=O)O2)cc1. The molecule has 138 valence electrons. The van der Waals surface area contributed by atoms with Gasteiger partial charge in [0.25, 0.3) is 0 Å². The molecule has 0 atom stereocenters. The van der Waals surface area contributed by atoms with E-state index in [1.54, 1.807) is 6.08 Å². The number of carbonyl (C=O) groups is 1. The molecule has 27 heavy (non-hydrogen) atoms. The standard InChI is InChI=1S/C19H16ClN3O3S/c1-2-3-9-25-13-6-4-12(5-7-13)17-21-14(18(24)26-17)11-15-16(20)22-19-23(15)8-10-27-19/h4-8,10-11H,2-3,9H2,1H3/b14-11+. The molecule has 0 bridgehead atoms. The second-order valence-electron chi connectivity index (χ2n) is 5.91. The number of ether oxygens (including phenoxy) is 2. The van der Waals surface area contributed by atoms with E-state index >= 15 is 0 Å². The zero-order valence-corrected chi connectivity index (χ0v) is 16.1. The maximum atomic E-state index is 12.2. The number of carbonyl (C=O) groups excluding carboxylic acids is 1. The highest BCUT2D eigenvalue weighted by atomic mass is 35.5. The van der Waals surface area contributed by atoms with E-state index in [9.17, 15) is 4.79 Å². The van der Waals surface area contributed by atoms with Crippen LogP contribution in [0.2, 0.25) is 5.15 Å². The number of halogens is 1. The number of fused-ring (bicyclic) bond motifs is 1. The molecule has 1 aliphatic heterocycles. The average Bonchev–Trinajstić information content (AvgIpc) is 3.33. The highest BCUT2D eigenvalue weighted by Gasteiger charge is 2.25. The van der Waals surface area contributed by atoms with Gasteiger partial charge in [-0.05, 0) is 36.8 Å². The van der Waals surface area contributed by atoms with E-state index < -0.39 is 5.97 Å². The first-order valence-electron chi connectivity index (χ1n) is 8.52. The van der Waals surface area contributed by atoms with Gasteiger partial charge in [0.2, 0.25) is 5.90 Å². The van der Waals surface area contributed by atoms with Crippen molar-refractivity contribution in [2.75, 3.05) is 6.61 Å². The largest absolute Gasteiger partial charge is 0.494 e. The number of nitrogens with zero attached hydrogens (tertiary/aromatic N) is 3. The van der Waals surface area contributed by atoms with Gasteiger partial charge in [0, 0.05) is 17.1 Å². The van der Waals surface area contributed by atoms with Crippen molar-refractivity contribution in [3.8, 4) is 5.75 Å². The van der Waals surface area contributed by atoms with Crippen molar-refractivity contribution in [1.29, 1.82) is 0 Å². The minimum absolute atomic E-state index is 0.183. The van der Waals surface area contributed by atoms with Crippen LogP contribution in [0.4, 0.5) is 0 Å². The smallest absolute Gasteiger partial charge is 0.363 e. The van der Waals surface area contributed by atoms with Gasteiger partial charge in [0.1, 0.15) is 5.75 Å². The summed E-state index contributed by atoms with van der Waals surface area (Å²) in [6, 6.07) is 7.32. The first kappa shape index (κ1) is 17.8. The molecule has 0 amide bonds. The zero-order chi connectivity index (χ0) is 18.8. The van der Waals surface area contributed by atoms with Crippen LogP contribution in [0, 0.1) is 0 Å². The number of imidazole rings is 1. The minimum atomic E-state index is -0.519. The van der Waals surface area contributed by atoms with E-state index in [1.165, 1.54) is 11.3 Å². The summed E-state index contributed by atoms with van der Waals surface area (Å²) in [4.78, 5) is 21.5. The van der Waals surface area contributed by atoms with E-state index in [0.29, 0.717) is 23.0 Å². The summed E-state index contributed by atoms with van der Waals surface area (Å²) in [5.74, 6) is 0.516. The summed E-state index contributed by atoms with van der Waals surface area (Å²) in [6.07, 6.45) is 5.52. The van der Waals surface area contributed by atoms with Crippen molar-refractivity contribution < 1.29 is 14.3 Å². The monoisotopic (exact) mass is 401 g/mol. The number of thiazole rings is 1. The Kier molecular flexibility index (Phi) is 4.96. The van der Waals surface area contributed by atoms with Gasteiger partial charge in [-0.1, -0.05) is 24.9 Å². The molecule has 8 heteroatoms. The van der Waals surface area contributed by atoms with Crippen molar-refractivity contribution in [1.82, 2.24) is 9.38 Å². The Hall–Kier alpha value is -2.64. The molecule has 2 aromatic heterocycles. The van der Waals surface area contributed by atoms with Crippen LogP contribution in [0.1, 0.15) is 31.0 Å². The highest BCUT2D eigenvalue weighted by molar-refractivity contribution is 7.15. The quantitative estimate of drug-likeness (QED) is 0.344. The Morgan fingerprint density at radius 3 is 2.93 bits per heavy atom. The van der Waals surface area contributed by atoms with Crippen molar-refractivity contribution in [2.24, 2.45) is 4.99 Å². The topological polar surface area (TPSA) is 65.2 Å². The molecule has 1 aromatic carbocycles. The lowest BCUT2D eigenvalue weighted by Crippen LogP contribution is -2.05. The van der Waals surface area contributed by atoms with Crippen LogP contribution >= 0.6 is 22.9 Å². The summed E-state index contributed by atoms with van der Waals surface area (Å²) in [6.45, 7) is 2.80. The van der Waals surface area contributed by atoms with Crippen LogP contribution in [0.3, 0.4) is 0 Å². The van der Waals surface area contributed by atoms with Gasteiger partial charge in [0.05, 0.1) is 12.3 Å². The normalized spacial score (nSPS) is 15.4. The van der Waals surface area contributed by atoms with Crippen LogP contribution in [-0.4, -0.2) is 27.9 Å². The number of aromatic nitrogens is 2. The van der Waals surface area contributed by atoms with Gasteiger partial charge in [-0.2, -0.15) is 0 Å². The molecule has 0 fully saturated rings. The van der Waals surface area contributed by atoms with Crippen molar-refractivity contribution >= 4 is 45.8 Å². The fraction of sp³-hybridized carbons (Fsp3) is 0.211. The first-order chi connectivity index (χ1) is 13.2. The number of aliphatic imine (C=N–C) groups is 1. The summed E-state index contributed by atoms with van der Waals surface area (Å²) in [7, 11) is 0. The summed E-state index contributed by atoms with van der Waals surface area (Å²) >= 11 is 7.63. The fourth-order valence-corrected chi connectivity index (χ4v) is 3.59. The molecule has 3 aromatic rings. The number of cyclic esters (lactones) is 1. The second-order valence-corrected chi connectivity index (χ2v) is 7.14. The zero-order valence-electron chi connectivity index (χ0n) is 14.5. The highest BCUT2D eigenvalue weighted by Crippen LogP contribution is 2.26. The van der Waals surface area contributed by atoms with E-state index in [0.717, 1.165) is 23.6 Å². The molecule has 1 aliphatic rings. The Balaban J connectivity index is 1.58. The van der Waals surface area contributed by atoms with E-state index in [4.69, 9.17) is 21.1 Å². The molecule has 4 rings (SSSR count). The summed E-state index contributed by atoms with van der Waals surface area (Å²) < 4.78 is 12.8. The van der Waals surface area contributed by atoms with Gasteiger partial charge < -0.3 is 9.47 Å². The lowest BCUT2D eigenvalue weighted by Gasteiger charge is -2.05. The Morgan fingerprint density at radius 2 is 2.15 bits per heavy atom. The van der Waals surface area contributed by atoms with Crippen molar-refractivity contribution in [3.63, 3.8) is 0 Å². The van der Waals surface area contributed by atoms with Gasteiger partial charge in [0.15, 0.2) is 15.8 Å². The third-order valence-corrected chi connectivity index (χ3v) is 5.05. The van der Waals surface area contributed by atoms with Gasteiger partial charge >= 0.3 is 5.97 Å². The maximum Gasteiger partial charge on any atom is 0.363 e. The van der Waals surface area contributed by atoms with Crippen molar-refractivity contribution in [3.05, 3.63) is 57.9 Å². The third kappa shape index (κ3) is 3.61. The molecule has 0 radical (unpaired) electrons. The molecule has 0 unspecified atom stereocenters. The molecular weight excluding hydrogens is 386 g/mol. The van der Waals surface area contributed by atoms with Crippen molar-refractivity contribution in [2.45, 2.75) is 19.8 Å². The Labute approximate surface area is 164 Å². The predicted octanol–water partition coefficient (Wildman–Crippen LogP) is 4.57. The Morgan fingerprint density at radius 1 is 1.33 bits per heavy atom. The van der Waals surface area contributed by atoms with Gasteiger partial charge in [-0.3, -0.25) is 4.40 Å². The maximum absolute atomic E-state index is 12.2. The van der Waals surface area contributed by atoms with Crippen LogP contribution < -0.4 is 4.74 Å². The van der Waals surface area contributed by atoms with E-state index in [2.05, 4.69) is 16.9 Å². The number of hydrogen-bond donors (Lipinski definition) is 0. The number of rotatable bonds is 6. The number of esters is 1. The van der Waals surface area contributed by atoms with Crippen LogP contribution in [0.5, 0.6) is 5.75 Å². The van der Waals surface area contributed by atoms with E-state index in [1.807, 2.05) is 40.2 Å². The molecule has 0 spiro atoms. The van der Waals surface area contributed by atoms with Crippen LogP contribution in [-0.2, 0) is 9.53 Å². The van der Waals surface area contributed by atoms with Gasteiger partial charge in [-0.25, -0.2) is 14.8 Å². The molecule has 0 saturated heterocycles. The second kappa shape index (κ2) is 7.54. The molecule has 0 saturated carbocycles. The average molecular weight is 402 g/mol. The molecule has 0 N–H and O–H groups in total. The Bertz CT molecular complexity index is 1050. The number of hydrogen-bond acceptors (Lipinski definition) is 6. The number of benzene rings is 1. The van der Waals surface area contributed by atoms with Crippen LogP contribution in [0.15, 0.2) is 46.5 Å². The lowest BCUT2D eigenvalue weighted by atomic mass is 10.2. The molecular formula is C19H16ClN3O3S. The summed E-state index contributed by atoms with van der Waals surface area (Å²) in [5, 5.41) is 2.21. The molecule has 0 aliphatic carbocycles. The molecule has 6 nitrogen and oxygen atoms in total.